The number of sulfonamides is 1. The van der Waals surface area contributed by atoms with E-state index in [0.717, 1.165) is 0 Å². The Morgan fingerprint density at radius 1 is 1.32 bits per heavy atom. The molecule has 0 aliphatic carbocycles. The summed E-state index contributed by atoms with van der Waals surface area (Å²) in [6, 6.07) is 6.96. The molecule has 0 saturated carbocycles. The Kier molecular flexibility index (Phi) is 5.33. The second-order valence-electron chi connectivity index (χ2n) is 4.93. The monoisotopic (exact) mass is 324 g/mol. The third-order valence-corrected chi connectivity index (χ3v) is 5.18. The maximum absolute atomic E-state index is 12.9. The summed E-state index contributed by atoms with van der Waals surface area (Å²) in [6.45, 7) is 4.12. The Morgan fingerprint density at radius 2 is 2.09 bits per heavy atom. The molecule has 0 aliphatic rings. The van der Waals surface area contributed by atoms with E-state index in [-0.39, 0.29) is 18.0 Å². The second kappa shape index (κ2) is 7.04. The molecule has 2 heterocycles. The number of rotatable bonds is 7. The van der Waals surface area contributed by atoms with Crippen molar-refractivity contribution in [1.82, 2.24) is 9.29 Å². The van der Waals surface area contributed by atoms with Crippen LogP contribution in [-0.2, 0) is 21.3 Å². The van der Waals surface area contributed by atoms with Crippen molar-refractivity contribution in [2.24, 2.45) is 0 Å². The Balaban J connectivity index is 2.33. The number of hydrogen-bond acceptors (Lipinski definition) is 5. The highest BCUT2D eigenvalue weighted by Gasteiger charge is 2.28. The summed E-state index contributed by atoms with van der Waals surface area (Å²) in [7, 11) is -2.12. The fraction of sp³-hybridized carbons (Fsp3) is 0.400. The fourth-order valence-electron chi connectivity index (χ4n) is 2.15. The van der Waals surface area contributed by atoms with Crippen molar-refractivity contribution >= 4 is 10.0 Å². The summed E-state index contributed by atoms with van der Waals surface area (Å²) in [4.78, 5) is 4.38. The van der Waals surface area contributed by atoms with E-state index in [4.69, 9.17) is 9.15 Å². The Morgan fingerprint density at radius 3 is 2.64 bits per heavy atom. The molecule has 0 aromatic carbocycles. The highest BCUT2D eigenvalue weighted by atomic mass is 32.2. The van der Waals surface area contributed by atoms with Crippen LogP contribution in [0.3, 0.4) is 0 Å². The van der Waals surface area contributed by atoms with Gasteiger partial charge in [-0.25, -0.2) is 8.42 Å². The van der Waals surface area contributed by atoms with Crippen molar-refractivity contribution in [3.63, 3.8) is 0 Å². The normalized spacial score (nSPS) is 12.0. The van der Waals surface area contributed by atoms with Gasteiger partial charge in [0.2, 0.25) is 10.0 Å². The lowest BCUT2D eigenvalue weighted by molar-refractivity contribution is 0.177. The number of nitrogens with zero attached hydrogens (tertiary/aromatic N) is 2. The van der Waals surface area contributed by atoms with Crippen LogP contribution in [0.1, 0.15) is 17.2 Å². The van der Waals surface area contributed by atoms with E-state index < -0.39 is 10.0 Å². The fourth-order valence-corrected chi connectivity index (χ4v) is 3.77. The highest BCUT2D eigenvalue weighted by Crippen LogP contribution is 2.24. The SMILES string of the molecule is COCCN(Cc1ccccn1)S(=O)(=O)c1cc(C)oc1C. The predicted molar refractivity (Wildman–Crippen MR) is 81.9 cm³/mol. The second-order valence-corrected chi connectivity index (χ2v) is 6.84. The van der Waals surface area contributed by atoms with Crippen molar-refractivity contribution in [1.29, 1.82) is 0 Å². The minimum absolute atomic E-state index is 0.191. The molecule has 0 unspecified atom stereocenters. The van der Waals surface area contributed by atoms with Gasteiger partial charge in [0.1, 0.15) is 16.4 Å². The van der Waals surface area contributed by atoms with Crippen LogP contribution >= 0.6 is 0 Å². The minimum atomic E-state index is -3.66. The van der Waals surface area contributed by atoms with Gasteiger partial charge in [0, 0.05) is 19.9 Å². The summed E-state index contributed by atoms with van der Waals surface area (Å²) in [5.41, 5.74) is 0.681. The van der Waals surface area contributed by atoms with Gasteiger partial charge in [0.15, 0.2) is 0 Å². The molecule has 0 spiro atoms. The first kappa shape index (κ1) is 16.7. The highest BCUT2D eigenvalue weighted by molar-refractivity contribution is 7.89. The molecule has 2 aromatic rings. The van der Waals surface area contributed by atoms with Gasteiger partial charge in [-0.05, 0) is 32.0 Å². The molecule has 22 heavy (non-hydrogen) atoms. The number of hydrogen-bond donors (Lipinski definition) is 0. The van der Waals surface area contributed by atoms with Gasteiger partial charge < -0.3 is 9.15 Å². The maximum atomic E-state index is 12.9. The Hall–Kier alpha value is -1.70. The maximum Gasteiger partial charge on any atom is 0.246 e. The third-order valence-electron chi connectivity index (χ3n) is 3.22. The first-order valence-electron chi connectivity index (χ1n) is 6.91. The van der Waals surface area contributed by atoms with Crippen LogP contribution < -0.4 is 0 Å². The van der Waals surface area contributed by atoms with Crippen LogP contribution in [0.2, 0.25) is 0 Å². The van der Waals surface area contributed by atoms with Crippen molar-refractivity contribution in [2.45, 2.75) is 25.3 Å². The molecule has 0 aliphatic heterocycles. The molecule has 0 N–H and O–H groups in total. The van der Waals surface area contributed by atoms with Crippen LogP contribution in [0, 0.1) is 13.8 Å². The summed E-state index contributed by atoms with van der Waals surface area (Å²) < 4.78 is 37.5. The molecule has 0 bridgehead atoms. The molecule has 2 rings (SSSR count). The van der Waals surface area contributed by atoms with Crippen molar-refractivity contribution in [3.8, 4) is 0 Å². The van der Waals surface area contributed by atoms with E-state index >= 15 is 0 Å². The van der Waals surface area contributed by atoms with E-state index in [1.165, 1.54) is 4.31 Å². The van der Waals surface area contributed by atoms with Crippen molar-refractivity contribution in [3.05, 3.63) is 47.7 Å². The van der Waals surface area contributed by atoms with Crippen LogP contribution in [0.25, 0.3) is 0 Å². The van der Waals surface area contributed by atoms with E-state index in [1.807, 2.05) is 6.07 Å². The number of aromatic nitrogens is 1. The first-order valence-corrected chi connectivity index (χ1v) is 8.35. The summed E-state index contributed by atoms with van der Waals surface area (Å²) >= 11 is 0. The van der Waals surface area contributed by atoms with Gasteiger partial charge in [0.05, 0.1) is 18.8 Å². The molecule has 6 nitrogen and oxygen atoms in total. The molecule has 0 fully saturated rings. The smallest absolute Gasteiger partial charge is 0.246 e. The van der Waals surface area contributed by atoms with Crippen LogP contribution in [0.15, 0.2) is 39.8 Å². The van der Waals surface area contributed by atoms with E-state index in [9.17, 15) is 8.42 Å². The van der Waals surface area contributed by atoms with Crippen LogP contribution in [0.4, 0.5) is 0 Å². The number of aryl methyl sites for hydroxylation is 2. The lowest BCUT2D eigenvalue weighted by Gasteiger charge is -2.21. The zero-order valence-electron chi connectivity index (χ0n) is 12.9. The van der Waals surface area contributed by atoms with Gasteiger partial charge in [-0.3, -0.25) is 4.98 Å². The predicted octanol–water partition coefficient (Wildman–Crippen LogP) is 2.13. The quantitative estimate of drug-likeness (QED) is 0.780. The third kappa shape index (κ3) is 3.73. The van der Waals surface area contributed by atoms with E-state index in [0.29, 0.717) is 23.8 Å². The average molecular weight is 324 g/mol. The van der Waals surface area contributed by atoms with E-state index in [2.05, 4.69) is 4.98 Å². The Labute approximate surface area is 130 Å². The van der Waals surface area contributed by atoms with Gasteiger partial charge in [-0.15, -0.1) is 0 Å². The van der Waals surface area contributed by atoms with Gasteiger partial charge in [-0.1, -0.05) is 6.07 Å². The summed E-state index contributed by atoms with van der Waals surface area (Å²) in [5, 5.41) is 0. The molecule has 0 radical (unpaired) electrons. The molecule has 120 valence electrons. The lowest BCUT2D eigenvalue weighted by Crippen LogP contribution is -2.34. The zero-order valence-corrected chi connectivity index (χ0v) is 13.8. The number of furan rings is 1. The number of pyridine rings is 1. The van der Waals surface area contributed by atoms with Gasteiger partial charge in [-0.2, -0.15) is 4.31 Å². The van der Waals surface area contributed by atoms with E-state index in [1.54, 1.807) is 45.4 Å². The Bertz CT molecular complexity index is 710. The molecule has 2 aromatic heterocycles. The summed E-state index contributed by atoms with van der Waals surface area (Å²) in [5.74, 6) is 0.960. The van der Waals surface area contributed by atoms with Gasteiger partial charge in [0.25, 0.3) is 0 Å². The molecule has 7 heteroatoms. The minimum Gasteiger partial charge on any atom is -0.465 e. The summed E-state index contributed by atoms with van der Waals surface area (Å²) in [6.07, 6.45) is 1.64. The molecule has 0 atom stereocenters. The van der Waals surface area contributed by atoms with Crippen LogP contribution in [0.5, 0.6) is 0 Å². The molecule has 0 amide bonds. The van der Waals surface area contributed by atoms with Gasteiger partial charge >= 0.3 is 0 Å². The lowest BCUT2D eigenvalue weighted by atomic mass is 10.3. The topological polar surface area (TPSA) is 72.6 Å². The zero-order chi connectivity index (χ0) is 16.2. The number of ether oxygens (including phenoxy) is 1. The number of methoxy groups -OCH3 is 1. The van der Waals surface area contributed by atoms with Crippen molar-refractivity contribution in [2.75, 3.05) is 20.3 Å². The standard InChI is InChI=1S/C15H20N2O4S/c1-12-10-15(13(2)21-12)22(18,19)17(8-9-20-3)11-14-6-4-5-7-16-14/h4-7,10H,8-9,11H2,1-3H3. The average Bonchev–Trinajstić information content (AvgIpc) is 2.84. The first-order chi connectivity index (χ1) is 10.4. The van der Waals surface area contributed by atoms with Crippen LogP contribution in [-0.4, -0.2) is 38.0 Å². The molecular weight excluding hydrogens is 304 g/mol. The molecule has 0 saturated heterocycles. The van der Waals surface area contributed by atoms with Crippen molar-refractivity contribution < 1.29 is 17.6 Å². The molecular formula is C15H20N2O4S. The largest absolute Gasteiger partial charge is 0.465 e.